The van der Waals surface area contributed by atoms with Crippen LogP contribution in [0.15, 0.2) is 6.33 Å². The van der Waals surface area contributed by atoms with Crippen LogP contribution in [0.2, 0.25) is 0 Å². The Labute approximate surface area is 77.1 Å². The lowest BCUT2D eigenvalue weighted by Crippen LogP contribution is -1.99. The maximum absolute atomic E-state index is 5.38. The maximum atomic E-state index is 5.38. The Balaban J connectivity index is 2.20. The van der Waals surface area contributed by atoms with Crippen molar-refractivity contribution in [2.24, 2.45) is 5.73 Å². The van der Waals surface area contributed by atoms with Crippen LogP contribution in [0.3, 0.4) is 0 Å². The van der Waals surface area contributed by atoms with Gasteiger partial charge in [0, 0.05) is 11.4 Å². The van der Waals surface area contributed by atoms with E-state index in [1.807, 2.05) is 18.7 Å². The predicted molar refractivity (Wildman–Crippen MR) is 53.2 cm³/mol. The molecule has 0 aliphatic carbocycles. The van der Waals surface area contributed by atoms with Crippen LogP contribution in [0, 0.1) is 6.92 Å². The molecule has 1 heterocycles. The number of nitrogens with zero attached hydrogens (tertiary/aromatic N) is 1. The lowest BCUT2D eigenvalue weighted by atomic mass is 10.4. The van der Waals surface area contributed by atoms with Crippen LogP contribution >= 0.6 is 11.8 Å². The molecule has 12 heavy (non-hydrogen) atoms. The van der Waals surface area contributed by atoms with Gasteiger partial charge in [0.2, 0.25) is 0 Å². The highest BCUT2D eigenvalue weighted by molar-refractivity contribution is 7.98. The van der Waals surface area contributed by atoms with Gasteiger partial charge in [-0.05, 0) is 25.6 Å². The van der Waals surface area contributed by atoms with Crippen molar-refractivity contribution in [1.82, 2.24) is 9.97 Å². The number of hydrogen-bond donors (Lipinski definition) is 2. The summed E-state index contributed by atoms with van der Waals surface area (Å²) in [5, 5.41) is 0. The SMILES string of the molecule is Cc1nc[nH]c1CSCCCN. The molecule has 0 amide bonds. The fourth-order valence-corrected chi connectivity index (χ4v) is 1.91. The number of aryl methyl sites for hydroxylation is 1. The number of thioether (sulfide) groups is 1. The monoisotopic (exact) mass is 185 g/mol. The average Bonchev–Trinajstić information content (AvgIpc) is 2.46. The molecule has 0 fully saturated rings. The summed E-state index contributed by atoms with van der Waals surface area (Å²) in [6, 6.07) is 0. The number of aromatic amines is 1. The van der Waals surface area contributed by atoms with Gasteiger partial charge in [-0.25, -0.2) is 4.98 Å². The summed E-state index contributed by atoms with van der Waals surface area (Å²) in [4.78, 5) is 7.24. The largest absolute Gasteiger partial charge is 0.348 e. The van der Waals surface area contributed by atoms with Gasteiger partial charge in [-0.2, -0.15) is 11.8 Å². The Morgan fingerprint density at radius 1 is 1.67 bits per heavy atom. The first kappa shape index (κ1) is 9.61. The molecule has 3 N–H and O–H groups in total. The quantitative estimate of drug-likeness (QED) is 0.680. The van der Waals surface area contributed by atoms with Gasteiger partial charge < -0.3 is 10.7 Å². The molecular formula is C8H15N3S. The molecule has 1 aromatic rings. The minimum absolute atomic E-state index is 0.787. The number of aromatic nitrogens is 2. The van der Waals surface area contributed by atoms with Crippen LogP contribution < -0.4 is 5.73 Å². The summed E-state index contributed by atoms with van der Waals surface area (Å²) in [5.74, 6) is 2.15. The Morgan fingerprint density at radius 2 is 2.50 bits per heavy atom. The molecule has 1 rings (SSSR count). The normalized spacial score (nSPS) is 10.5. The zero-order valence-corrected chi connectivity index (χ0v) is 8.16. The van der Waals surface area contributed by atoms with Gasteiger partial charge in [-0.3, -0.25) is 0 Å². The maximum Gasteiger partial charge on any atom is 0.0925 e. The van der Waals surface area contributed by atoms with Crippen molar-refractivity contribution >= 4 is 11.8 Å². The van der Waals surface area contributed by atoms with E-state index in [-0.39, 0.29) is 0 Å². The molecule has 0 saturated carbocycles. The lowest BCUT2D eigenvalue weighted by Gasteiger charge is -1.98. The topological polar surface area (TPSA) is 54.7 Å². The summed E-state index contributed by atoms with van der Waals surface area (Å²) >= 11 is 1.90. The summed E-state index contributed by atoms with van der Waals surface area (Å²) in [6.07, 6.45) is 2.84. The first-order chi connectivity index (χ1) is 5.84. The molecule has 1 aromatic heterocycles. The summed E-state index contributed by atoms with van der Waals surface area (Å²) in [6.45, 7) is 2.81. The molecule has 0 bridgehead atoms. The highest BCUT2D eigenvalue weighted by atomic mass is 32.2. The van der Waals surface area contributed by atoms with Gasteiger partial charge >= 0.3 is 0 Å². The van der Waals surface area contributed by atoms with Gasteiger partial charge in [0.25, 0.3) is 0 Å². The van der Waals surface area contributed by atoms with Crippen molar-refractivity contribution in [3.63, 3.8) is 0 Å². The van der Waals surface area contributed by atoms with Gasteiger partial charge in [-0.15, -0.1) is 0 Å². The van der Waals surface area contributed by atoms with Crippen molar-refractivity contribution in [2.75, 3.05) is 12.3 Å². The van der Waals surface area contributed by atoms with E-state index in [1.165, 1.54) is 5.69 Å². The van der Waals surface area contributed by atoms with Crippen LogP contribution in [0.4, 0.5) is 0 Å². The second kappa shape index (κ2) is 5.22. The summed E-state index contributed by atoms with van der Waals surface area (Å²) in [7, 11) is 0. The molecular weight excluding hydrogens is 170 g/mol. The smallest absolute Gasteiger partial charge is 0.0925 e. The highest BCUT2D eigenvalue weighted by Crippen LogP contribution is 2.12. The van der Waals surface area contributed by atoms with Crippen LogP contribution in [-0.4, -0.2) is 22.3 Å². The molecule has 0 aliphatic rings. The van der Waals surface area contributed by atoms with E-state index in [0.717, 1.165) is 30.2 Å². The Morgan fingerprint density at radius 3 is 3.08 bits per heavy atom. The van der Waals surface area contributed by atoms with E-state index in [4.69, 9.17) is 5.73 Å². The number of hydrogen-bond acceptors (Lipinski definition) is 3. The summed E-state index contributed by atoms with van der Waals surface area (Å²) < 4.78 is 0. The van der Waals surface area contributed by atoms with Gasteiger partial charge in [-0.1, -0.05) is 0 Å². The molecule has 0 spiro atoms. The molecule has 0 aromatic carbocycles. The highest BCUT2D eigenvalue weighted by Gasteiger charge is 1.98. The molecule has 0 unspecified atom stereocenters. The average molecular weight is 185 g/mol. The van der Waals surface area contributed by atoms with Crippen LogP contribution in [0.25, 0.3) is 0 Å². The third-order valence-corrected chi connectivity index (χ3v) is 2.74. The number of nitrogens with two attached hydrogens (primary N) is 1. The number of H-pyrrole nitrogens is 1. The Hall–Kier alpha value is -0.480. The third kappa shape index (κ3) is 2.87. The molecule has 68 valence electrons. The molecule has 0 radical (unpaired) electrons. The lowest BCUT2D eigenvalue weighted by molar-refractivity contribution is 0.942. The fraction of sp³-hybridized carbons (Fsp3) is 0.625. The zero-order chi connectivity index (χ0) is 8.81. The van der Waals surface area contributed by atoms with Crippen molar-refractivity contribution in [3.8, 4) is 0 Å². The van der Waals surface area contributed by atoms with Gasteiger partial charge in [0.15, 0.2) is 0 Å². The second-order valence-electron chi connectivity index (χ2n) is 2.66. The Bertz CT molecular complexity index is 222. The van der Waals surface area contributed by atoms with Gasteiger partial charge in [0.05, 0.1) is 12.0 Å². The van der Waals surface area contributed by atoms with Crippen molar-refractivity contribution in [2.45, 2.75) is 19.1 Å². The van der Waals surface area contributed by atoms with Gasteiger partial charge in [0.1, 0.15) is 0 Å². The number of nitrogens with one attached hydrogen (secondary N) is 1. The van der Waals surface area contributed by atoms with Crippen LogP contribution in [0.1, 0.15) is 17.8 Å². The number of rotatable bonds is 5. The molecule has 0 saturated heterocycles. The molecule has 4 heteroatoms. The molecule has 0 atom stereocenters. The third-order valence-electron chi connectivity index (χ3n) is 1.67. The minimum Gasteiger partial charge on any atom is -0.348 e. The van der Waals surface area contributed by atoms with E-state index < -0.39 is 0 Å². The van der Waals surface area contributed by atoms with Crippen molar-refractivity contribution < 1.29 is 0 Å². The first-order valence-electron chi connectivity index (χ1n) is 4.11. The van der Waals surface area contributed by atoms with E-state index >= 15 is 0 Å². The van der Waals surface area contributed by atoms with E-state index in [9.17, 15) is 0 Å². The van der Waals surface area contributed by atoms with Crippen molar-refractivity contribution in [1.29, 1.82) is 0 Å². The standard InChI is InChI=1S/C8H15N3S/c1-7-8(11-6-10-7)5-12-4-2-3-9/h6H,2-5,9H2,1H3,(H,10,11). The fourth-order valence-electron chi connectivity index (χ4n) is 0.895. The van der Waals surface area contributed by atoms with Crippen molar-refractivity contribution in [3.05, 3.63) is 17.7 Å². The van der Waals surface area contributed by atoms with Crippen LogP contribution in [0.5, 0.6) is 0 Å². The van der Waals surface area contributed by atoms with Crippen LogP contribution in [-0.2, 0) is 5.75 Å². The minimum atomic E-state index is 0.787. The van der Waals surface area contributed by atoms with E-state index in [0.29, 0.717) is 0 Å². The number of imidazole rings is 1. The summed E-state index contributed by atoms with van der Waals surface area (Å²) in [5.41, 5.74) is 7.72. The molecule has 0 aliphatic heterocycles. The second-order valence-corrected chi connectivity index (χ2v) is 3.77. The first-order valence-corrected chi connectivity index (χ1v) is 5.26. The predicted octanol–water partition coefficient (Wildman–Crippen LogP) is 1.30. The Kier molecular flexibility index (Phi) is 4.18. The van der Waals surface area contributed by atoms with E-state index in [1.54, 1.807) is 6.33 Å². The zero-order valence-electron chi connectivity index (χ0n) is 7.34. The molecule has 3 nitrogen and oxygen atoms in total. The van der Waals surface area contributed by atoms with E-state index in [2.05, 4.69) is 9.97 Å².